The van der Waals surface area contributed by atoms with Crippen LogP contribution in [0.15, 0.2) is 18.2 Å². The van der Waals surface area contributed by atoms with Gasteiger partial charge in [0.1, 0.15) is 0 Å². The molecule has 0 bridgehead atoms. The van der Waals surface area contributed by atoms with E-state index in [2.05, 4.69) is 11.4 Å². The van der Waals surface area contributed by atoms with Crippen molar-refractivity contribution >= 4 is 23.2 Å². The highest BCUT2D eigenvalue weighted by molar-refractivity contribution is 6.33. The van der Waals surface area contributed by atoms with Crippen molar-refractivity contribution in [2.24, 2.45) is 0 Å². The van der Waals surface area contributed by atoms with Gasteiger partial charge < -0.3 is 10.2 Å². The molecule has 1 aromatic rings. The highest BCUT2D eigenvalue weighted by Gasteiger charge is 2.21. The molecule has 1 amide bonds. The molecule has 0 saturated carbocycles. The Bertz CT molecular complexity index is 516. The lowest BCUT2D eigenvalue weighted by atomic mass is 10.0. The van der Waals surface area contributed by atoms with E-state index in [0.29, 0.717) is 16.6 Å². The van der Waals surface area contributed by atoms with Gasteiger partial charge in [-0.05, 0) is 31.0 Å². The summed E-state index contributed by atoms with van der Waals surface area (Å²) in [6, 6.07) is 7.59. The van der Waals surface area contributed by atoms with E-state index < -0.39 is 0 Å². The summed E-state index contributed by atoms with van der Waals surface area (Å²) in [6.45, 7) is 3.13. The molecule has 0 aromatic heterocycles. The van der Waals surface area contributed by atoms with Crippen LogP contribution in [0, 0.1) is 11.3 Å². The molecule has 1 aliphatic rings. The van der Waals surface area contributed by atoms with Gasteiger partial charge >= 0.3 is 0 Å². The Balaban J connectivity index is 1.99. The molecule has 1 saturated heterocycles. The topological polar surface area (TPSA) is 56.1 Å². The largest absolute Gasteiger partial charge is 0.381 e. The lowest BCUT2D eigenvalue weighted by Gasteiger charge is -2.32. The second-order valence-corrected chi connectivity index (χ2v) is 5.14. The minimum absolute atomic E-state index is 0.128. The molecule has 0 spiro atoms. The fourth-order valence-electron chi connectivity index (χ4n) is 2.26. The SMILES string of the molecule is CC(=O)N1CCC(Nc2cc(C#N)ccc2Cl)CC1. The molecule has 100 valence electrons. The molecule has 4 nitrogen and oxygen atoms in total. The van der Waals surface area contributed by atoms with Crippen LogP contribution in [0.1, 0.15) is 25.3 Å². The predicted molar refractivity (Wildman–Crippen MR) is 75.1 cm³/mol. The number of carbonyl (C=O) groups is 1. The summed E-state index contributed by atoms with van der Waals surface area (Å²) in [5.41, 5.74) is 1.38. The maximum atomic E-state index is 11.2. The van der Waals surface area contributed by atoms with Crippen LogP contribution in [0.3, 0.4) is 0 Å². The number of halogens is 1. The zero-order chi connectivity index (χ0) is 13.8. The number of amides is 1. The van der Waals surface area contributed by atoms with Crippen molar-refractivity contribution in [1.29, 1.82) is 5.26 Å². The molecule has 1 fully saturated rings. The number of benzene rings is 1. The molecule has 19 heavy (non-hydrogen) atoms. The number of piperidine rings is 1. The molecule has 1 aromatic carbocycles. The first-order chi connectivity index (χ1) is 9.10. The predicted octanol–water partition coefficient (Wildman–Crippen LogP) is 2.63. The van der Waals surface area contributed by atoms with Crippen LogP contribution >= 0.6 is 11.6 Å². The third-order valence-electron chi connectivity index (χ3n) is 3.40. The highest BCUT2D eigenvalue weighted by Crippen LogP contribution is 2.25. The van der Waals surface area contributed by atoms with Crippen LogP contribution in [0.25, 0.3) is 0 Å². The lowest BCUT2D eigenvalue weighted by Crippen LogP contribution is -2.41. The van der Waals surface area contributed by atoms with Crippen LogP contribution in [0.2, 0.25) is 5.02 Å². The first kappa shape index (κ1) is 13.7. The number of likely N-dealkylation sites (tertiary alicyclic amines) is 1. The number of nitrogens with one attached hydrogen (secondary N) is 1. The number of anilines is 1. The molecule has 1 N–H and O–H groups in total. The summed E-state index contributed by atoms with van der Waals surface area (Å²) in [7, 11) is 0. The number of rotatable bonds is 2. The van der Waals surface area contributed by atoms with Crippen molar-refractivity contribution < 1.29 is 4.79 Å². The van der Waals surface area contributed by atoms with Crippen LogP contribution in [0.4, 0.5) is 5.69 Å². The minimum atomic E-state index is 0.128. The maximum Gasteiger partial charge on any atom is 0.219 e. The molecule has 1 heterocycles. The van der Waals surface area contributed by atoms with E-state index in [9.17, 15) is 4.79 Å². The fourth-order valence-corrected chi connectivity index (χ4v) is 2.44. The quantitative estimate of drug-likeness (QED) is 0.904. The number of nitriles is 1. The minimum Gasteiger partial charge on any atom is -0.381 e. The Labute approximate surface area is 118 Å². The van der Waals surface area contributed by atoms with Crippen LogP contribution in [-0.2, 0) is 4.79 Å². The van der Waals surface area contributed by atoms with Crippen LogP contribution in [0.5, 0.6) is 0 Å². The fraction of sp³-hybridized carbons (Fsp3) is 0.429. The van der Waals surface area contributed by atoms with Crippen molar-refractivity contribution in [2.75, 3.05) is 18.4 Å². The van der Waals surface area contributed by atoms with Gasteiger partial charge in [-0.1, -0.05) is 11.6 Å². The Kier molecular flexibility index (Phi) is 4.28. The van der Waals surface area contributed by atoms with Crippen LogP contribution in [-0.4, -0.2) is 29.9 Å². The van der Waals surface area contributed by atoms with E-state index in [0.717, 1.165) is 31.6 Å². The Morgan fingerprint density at radius 3 is 2.74 bits per heavy atom. The number of hydrogen-bond donors (Lipinski definition) is 1. The van der Waals surface area contributed by atoms with Crippen molar-refractivity contribution in [1.82, 2.24) is 4.90 Å². The van der Waals surface area contributed by atoms with Crippen molar-refractivity contribution in [3.63, 3.8) is 0 Å². The van der Waals surface area contributed by atoms with Gasteiger partial charge in [0.2, 0.25) is 5.91 Å². The van der Waals surface area contributed by atoms with Gasteiger partial charge in [0.05, 0.1) is 22.3 Å². The van der Waals surface area contributed by atoms with Gasteiger partial charge in [-0.2, -0.15) is 5.26 Å². The van der Waals surface area contributed by atoms with Gasteiger partial charge in [-0.3, -0.25) is 4.79 Å². The Morgan fingerprint density at radius 2 is 2.16 bits per heavy atom. The monoisotopic (exact) mass is 277 g/mol. The summed E-state index contributed by atoms with van der Waals surface area (Å²) in [5, 5.41) is 12.9. The summed E-state index contributed by atoms with van der Waals surface area (Å²) >= 11 is 6.12. The summed E-state index contributed by atoms with van der Waals surface area (Å²) in [5.74, 6) is 0.128. The summed E-state index contributed by atoms with van der Waals surface area (Å²) in [4.78, 5) is 13.1. The van der Waals surface area contributed by atoms with Gasteiger partial charge in [0.15, 0.2) is 0 Å². The molecule has 0 unspecified atom stereocenters. The molecular formula is C14H16ClN3O. The number of carbonyl (C=O) groups excluding carboxylic acids is 1. The van der Waals surface area contributed by atoms with E-state index in [-0.39, 0.29) is 5.91 Å². The van der Waals surface area contributed by atoms with Crippen molar-refractivity contribution in [3.05, 3.63) is 28.8 Å². The highest BCUT2D eigenvalue weighted by atomic mass is 35.5. The standard InChI is InChI=1S/C14H16ClN3O/c1-10(19)18-6-4-12(5-7-18)17-14-8-11(9-16)2-3-13(14)15/h2-3,8,12,17H,4-7H2,1H3. The van der Waals surface area contributed by atoms with Gasteiger partial charge in [-0.25, -0.2) is 0 Å². The Hall–Kier alpha value is -1.73. The van der Waals surface area contributed by atoms with Gasteiger partial charge in [0, 0.05) is 26.1 Å². The first-order valence-electron chi connectivity index (χ1n) is 6.32. The summed E-state index contributed by atoms with van der Waals surface area (Å²) in [6.07, 6.45) is 1.79. The molecular weight excluding hydrogens is 262 g/mol. The van der Waals surface area contributed by atoms with E-state index in [4.69, 9.17) is 16.9 Å². The van der Waals surface area contributed by atoms with E-state index >= 15 is 0 Å². The zero-order valence-electron chi connectivity index (χ0n) is 10.8. The molecule has 2 rings (SSSR count). The third kappa shape index (κ3) is 3.39. The normalized spacial score (nSPS) is 15.9. The average molecular weight is 278 g/mol. The molecule has 0 atom stereocenters. The van der Waals surface area contributed by atoms with Gasteiger partial charge in [0.25, 0.3) is 0 Å². The third-order valence-corrected chi connectivity index (χ3v) is 3.72. The van der Waals surface area contributed by atoms with Gasteiger partial charge in [-0.15, -0.1) is 0 Å². The zero-order valence-corrected chi connectivity index (χ0v) is 11.6. The average Bonchev–Trinajstić information content (AvgIpc) is 2.42. The van der Waals surface area contributed by atoms with Crippen molar-refractivity contribution in [2.45, 2.75) is 25.8 Å². The smallest absolute Gasteiger partial charge is 0.219 e. The van der Waals surface area contributed by atoms with Crippen LogP contribution < -0.4 is 5.32 Å². The second-order valence-electron chi connectivity index (χ2n) is 4.73. The number of nitrogens with zero attached hydrogens (tertiary/aromatic N) is 2. The van der Waals surface area contributed by atoms with E-state index in [1.165, 1.54) is 0 Å². The van der Waals surface area contributed by atoms with E-state index in [1.54, 1.807) is 25.1 Å². The van der Waals surface area contributed by atoms with Crippen molar-refractivity contribution in [3.8, 4) is 6.07 Å². The number of hydrogen-bond acceptors (Lipinski definition) is 3. The summed E-state index contributed by atoms with van der Waals surface area (Å²) < 4.78 is 0. The lowest BCUT2D eigenvalue weighted by molar-refractivity contribution is -0.129. The second kappa shape index (κ2) is 5.94. The first-order valence-corrected chi connectivity index (χ1v) is 6.69. The Morgan fingerprint density at radius 1 is 1.47 bits per heavy atom. The maximum absolute atomic E-state index is 11.2. The molecule has 5 heteroatoms. The molecule has 1 aliphatic heterocycles. The molecule has 0 aliphatic carbocycles. The molecule has 0 radical (unpaired) electrons. The van der Waals surface area contributed by atoms with E-state index in [1.807, 2.05) is 4.90 Å².